The number of dihydropyridines is 1. The number of hydrogen-bond acceptors (Lipinski definition) is 7. The zero-order valence-electron chi connectivity index (χ0n) is 21.2. The third kappa shape index (κ3) is 5.35. The van der Waals surface area contributed by atoms with Crippen LogP contribution < -0.4 is 14.8 Å². The van der Waals surface area contributed by atoms with Gasteiger partial charge in [-0.1, -0.05) is 41.4 Å². The van der Waals surface area contributed by atoms with Crippen LogP contribution in [0.25, 0.3) is 0 Å². The van der Waals surface area contributed by atoms with Crippen LogP contribution in [0.3, 0.4) is 0 Å². The van der Waals surface area contributed by atoms with Crippen molar-refractivity contribution in [1.29, 1.82) is 0 Å². The van der Waals surface area contributed by atoms with Crippen molar-refractivity contribution in [3.8, 4) is 11.5 Å². The lowest BCUT2D eigenvalue weighted by Crippen LogP contribution is -2.36. The summed E-state index contributed by atoms with van der Waals surface area (Å²) < 4.78 is 21.3. The van der Waals surface area contributed by atoms with Gasteiger partial charge in [-0.15, -0.1) is 0 Å². The Morgan fingerprint density at radius 2 is 1.78 bits per heavy atom. The molecule has 0 amide bonds. The predicted molar refractivity (Wildman–Crippen MR) is 141 cm³/mol. The van der Waals surface area contributed by atoms with E-state index in [2.05, 4.69) is 5.32 Å². The Labute approximate surface area is 226 Å². The van der Waals surface area contributed by atoms with Crippen molar-refractivity contribution in [3.05, 3.63) is 80.1 Å². The zero-order valence-corrected chi connectivity index (χ0v) is 22.7. The largest absolute Gasteiger partial charge is 0.493 e. The summed E-state index contributed by atoms with van der Waals surface area (Å²) in [5.41, 5.74) is 3.73. The number of ether oxygens (including phenoxy) is 4. The van der Waals surface area contributed by atoms with Crippen molar-refractivity contribution in [1.82, 2.24) is 5.32 Å². The van der Waals surface area contributed by atoms with Crippen LogP contribution in [0.5, 0.6) is 11.5 Å². The fourth-order valence-corrected chi connectivity index (χ4v) is 5.42. The van der Waals surface area contributed by atoms with Crippen molar-refractivity contribution in [2.24, 2.45) is 0 Å². The summed E-state index contributed by atoms with van der Waals surface area (Å²) >= 11 is 13.0. The first kappa shape index (κ1) is 27.0. The van der Waals surface area contributed by atoms with Crippen molar-refractivity contribution < 1.29 is 28.5 Å². The number of methoxy groups -OCH3 is 3. The molecule has 0 unspecified atom stereocenters. The molecule has 9 heteroatoms. The first-order valence-electron chi connectivity index (χ1n) is 11.9. The Morgan fingerprint density at radius 3 is 2.49 bits per heavy atom. The van der Waals surface area contributed by atoms with E-state index in [9.17, 15) is 9.59 Å². The van der Waals surface area contributed by atoms with Crippen LogP contribution in [0.2, 0.25) is 10.0 Å². The van der Waals surface area contributed by atoms with E-state index in [1.54, 1.807) is 39.3 Å². The lowest BCUT2D eigenvalue weighted by atomic mass is 9.71. The van der Waals surface area contributed by atoms with Gasteiger partial charge in [-0.3, -0.25) is 4.79 Å². The maximum absolute atomic E-state index is 13.8. The molecule has 0 spiro atoms. The number of carbonyl (C=O) groups is 2. The Bertz CT molecular complexity index is 1290. The van der Waals surface area contributed by atoms with Crippen molar-refractivity contribution in [2.45, 2.75) is 31.6 Å². The van der Waals surface area contributed by atoms with E-state index < -0.39 is 11.9 Å². The number of rotatable bonds is 8. The summed E-state index contributed by atoms with van der Waals surface area (Å²) in [5.74, 6) is -0.193. The van der Waals surface area contributed by atoms with Gasteiger partial charge < -0.3 is 24.3 Å². The van der Waals surface area contributed by atoms with Gasteiger partial charge in [-0.2, -0.15) is 0 Å². The van der Waals surface area contributed by atoms with Crippen molar-refractivity contribution >= 4 is 35.0 Å². The fourth-order valence-electron chi connectivity index (χ4n) is 5.00. The number of allylic oxidation sites excluding steroid dienone is 3. The molecular formula is C28H29Cl2NO6. The van der Waals surface area contributed by atoms with Crippen molar-refractivity contribution in [2.75, 3.05) is 34.5 Å². The Morgan fingerprint density at radius 1 is 1.03 bits per heavy atom. The second-order valence-electron chi connectivity index (χ2n) is 8.90. The highest BCUT2D eigenvalue weighted by molar-refractivity contribution is 6.42. The minimum Gasteiger partial charge on any atom is -0.493 e. The SMILES string of the molecule is COCCOC(=O)C1=C(C)NC2=C(C(=O)C[C@@H](c3ccc(OC)c(OC)c3)C2)[C@H]1c1cccc(Cl)c1Cl. The van der Waals surface area contributed by atoms with Crippen LogP contribution in [-0.2, 0) is 19.1 Å². The highest BCUT2D eigenvalue weighted by Crippen LogP contribution is 2.48. The van der Waals surface area contributed by atoms with Crippen LogP contribution in [-0.4, -0.2) is 46.3 Å². The van der Waals surface area contributed by atoms with Gasteiger partial charge in [0.25, 0.3) is 0 Å². The summed E-state index contributed by atoms with van der Waals surface area (Å²) in [7, 11) is 4.69. The average molecular weight is 546 g/mol. The quantitative estimate of drug-likeness (QED) is 0.343. The Kier molecular flexibility index (Phi) is 8.47. The summed E-state index contributed by atoms with van der Waals surface area (Å²) in [6.45, 7) is 2.14. The molecular weight excluding hydrogens is 517 g/mol. The molecule has 0 saturated carbocycles. The maximum Gasteiger partial charge on any atom is 0.336 e. The fraction of sp³-hybridized carbons (Fsp3) is 0.357. The first-order valence-corrected chi connectivity index (χ1v) is 12.6. The summed E-state index contributed by atoms with van der Waals surface area (Å²) in [6.07, 6.45) is 0.824. The molecule has 0 fully saturated rings. The van der Waals surface area contributed by atoms with E-state index in [4.69, 9.17) is 42.1 Å². The molecule has 1 aliphatic carbocycles. The summed E-state index contributed by atoms with van der Waals surface area (Å²) in [4.78, 5) is 27.0. The first-order chi connectivity index (χ1) is 17.8. The molecule has 0 bridgehead atoms. The Balaban J connectivity index is 1.77. The number of nitrogens with one attached hydrogen (secondary N) is 1. The van der Waals surface area contributed by atoms with E-state index in [1.165, 1.54) is 7.11 Å². The molecule has 2 atom stereocenters. The number of halogens is 2. The van der Waals surface area contributed by atoms with Gasteiger partial charge in [-0.25, -0.2) is 4.79 Å². The Hall–Kier alpha value is -3.00. The molecule has 2 aliphatic rings. The summed E-state index contributed by atoms with van der Waals surface area (Å²) in [5, 5.41) is 3.97. The van der Waals surface area contributed by atoms with Gasteiger partial charge in [0.15, 0.2) is 17.3 Å². The number of ketones is 1. The monoisotopic (exact) mass is 545 g/mol. The van der Waals surface area contributed by atoms with E-state index >= 15 is 0 Å². The normalized spacial score (nSPS) is 19.4. The van der Waals surface area contributed by atoms with E-state index in [0.29, 0.717) is 50.4 Å². The number of carbonyl (C=O) groups excluding carboxylic acids is 2. The number of benzene rings is 2. The number of hydrogen-bond donors (Lipinski definition) is 1. The molecule has 2 aromatic rings. The van der Waals surface area contributed by atoms with Crippen LogP contribution in [0.1, 0.15) is 42.7 Å². The molecule has 0 aromatic heterocycles. The second-order valence-corrected chi connectivity index (χ2v) is 9.69. The van der Waals surface area contributed by atoms with Gasteiger partial charge in [0, 0.05) is 36.4 Å². The molecule has 0 radical (unpaired) electrons. The molecule has 0 saturated heterocycles. The van der Waals surface area contributed by atoms with Crippen LogP contribution in [0.4, 0.5) is 0 Å². The molecule has 1 N–H and O–H groups in total. The summed E-state index contributed by atoms with van der Waals surface area (Å²) in [6, 6.07) is 10.9. The average Bonchev–Trinajstić information content (AvgIpc) is 2.89. The van der Waals surface area contributed by atoms with E-state index in [-0.39, 0.29) is 31.3 Å². The topological polar surface area (TPSA) is 83.1 Å². The molecule has 7 nitrogen and oxygen atoms in total. The standard InChI is InChI=1S/C28H29Cl2NO6/c1-15-24(28(33)37-11-10-34-2)25(18-6-5-7-19(29)27(18)30)26-20(31-15)12-17(13-21(26)32)16-8-9-22(35-3)23(14-16)36-4/h5-9,14,17,25,31H,10-13H2,1-4H3/t17-,25-/m0/s1. The molecule has 196 valence electrons. The molecule has 37 heavy (non-hydrogen) atoms. The van der Waals surface area contributed by atoms with Crippen LogP contribution >= 0.6 is 23.2 Å². The third-order valence-corrected chi connectivity index (χ3v) is 7.57. The molecule has 1 aliphatic heterocycles. The minimum absolute atomic E-state index is 0.0794. The molecule has 4 rings (SSSR count). The second kappa shape index (κ2) is 11.6. The lowest BCUT2D eigenvalue weighted by Gasteiger charge is -2.37. The third-order valence-electron chi connectivity index (χ3n) is 6.74. The van der Waals surface area contributed by atoms with Gasteiger partial charge in [0.05, 0.1) is 36.4 Å². The van der Waals surface area contributed by atoms with Gasteiger partial charge >= 0.3 is 5.97 Å². The van der Waals surface area contributed by atoms with Gasteiger partial charge in [0.2, 0.25) is 0 Å². The van der Waals surface area contributed by atoms with Gasteiger partial charge in [0.1, 0.15) is 6.61 Å². The number of esters is 1. The zero-order chi connectivity index (χ0) is 26.7. The van der Waals surface area contributed by atoms with E-state index in [0.717, 1.165) is 11.3 Å². The number of Topliss-reactive ketones (excluding diaryl/α,β-unsaturated/α-hetero) is 1. The predicted octanol–water partition coefficient (Wildman–Crippen LogP) is 5.56. The molecule has 2 aromatic carbocycles. The maximum atomic E-state index is 13.8. The van der Waals surface area contributed by atoms with Gasteiger partial charge in [-0.05, 0) is 48.6 Å². The van der Waals surface area contributed by atoms with Crippen LogP contribution in [0, 0.1) is 0 Å². The highest BCUT2D eigenvalue weighted by atomic mass is 35.5. The lowest BCUT2D eigenvalue weighted by molar-refractivity contribution is -0.140. The van der Waals surface area contributed by atoms with E-state index in [1.807, 2.05) is 18.2 Å². The van der Waals surface area contributed by atoms with Crippen LogP contribution in [0.15, 0.2) is 58.9 Å². The highest BCUT2D eigenvalue weighted by Gasteiger charge is 2.42. The van der Waals surface area contributed by atoms with Crippen molar-refractivity contribution in [3.63, 3.8) is 0 Å². The minimum atomic E-state index is -0.712. The smallest absolute Gasteiger partial charge is 0.336 e. The molecule has 1 heterocycles.